The van der Waals surface area contributed by atoms with Crippen molar-refractivity contribution in [2.24, 2.45) is 0 Å². The molecule has 1 aromatic rings. The molecule has 18 heavy (non-hydrogen) atoms. The average Bonchev–Trinajstić information content (AvgIpc) is 2.62. The summed E-state index contributed by atoms with van der Waals surface area (Å²) in [6, 6.07) is 5.82. The van der Waals surface area contributed by atoms with Crippen LogP contribution in [0.2, 0.25) is 5.02 Å². The standard InChI is InChI=1S/C14H21ClN2O/c1-17(13-3-2-7-16-8-6-13)10-11-9-12(15)4-5-14(11)18/h4-5,9,13,16,18H,2-3,6-8,10H2,1H3. The van der Waals surface area contributed by atoms with Crippen molar-refractivity contribution in [2.75, 3.05) is 20.1 Å². The Morgan fingerprint density at radius 1 is 1.39 bits per heavy atom. The van der Waals surface area contributed by atoms with Crippen LogP contribution in [0.1, 0.15) is 24.8 Å². The molecule has 3 nitrogen and oxygen atoms in total. The van der Waals surface area contributed by atoms with Crippen LogP contribution in [0.3, 0.4) is 0 Å². The predicted octanol–water partition coefficient (Wildman–Crippen LogP) is 2.62. The number of benzene rings is 1. The maximum absolute atomic E-state index is 9.84. The Hall–Kier alpha value is -0.770. The summed E-state index contributed by atoms with van der Waals surface area (Å²) in [5.41, 5.74) is 0.905. The van der Waals surface area contributed by atoms with Crippen molar-refractivity contribution in [3.05, 3.63) is 28.8 Å². The molecule has 0 saturated carbocycles. The summed E-state index contributed by atoms with van der Waals surface area (Å²) < 4.78 is 0. The molecule has 2 rings (SSSR count). The number of nitrogens with one attached hydrogen (secondary N) is 1. The minimum atomic E-state index is 0.331. The Morgan fingerprint density at radius 3 is 3.06 bits per heavy atom. The van der Waals surface area contributed by atoms with Gasteiger partial charge >= 0.3 is 0 Å². The van der Waals surface area contributed by atoms with Gasteiger partial charge in [-0.1, -0.05) is 11.6 Å². The first-order valence-corrected chi connectivity index (χ1v) is 6.93. The van der Waals surface area contributed by atoms with E-state index < -0.39 is 0 Å². The zero-order chi connectivity index (χ0) is 13.0. The molecule has 0 spiro atoms. The van der Waals surface area contributed by atoms with E-state index in [4.69, 9.17) is 11.6 Å². The highest BCUT2D eigenvalue weighted by Gasteiger charge is 2.17. The fraction of sp³-hybridized carbons (Fsp3) is 0.571. The van der Waals surface area contributed by atoms with Crippen molar-refractivity contribution in [3.8, 4) is 5.75 Å². The van der Waals surface area contributed by atoms with Gasteiger partial charge in [0, 0.05) is 23.2 Å². The van der Waals surface area contributed by atoms with E-state index in [1.54, 1.807) is 12.1 Å². The SMILES string of the molecule is CN(Cc1cc(Cl)ccc1O)C1CCCNCC1. The Bertz CT molecular complexity index is 389. The normalized spacial score (nSPS) is 20.9. The first-order chi connectivity index (χ1) is 8.66. The lowest BCUT2D eigenvalue weighted by Crippen LogP contribution is -2.32. The molecule has 1 aliphatic rings. The van der Waals surface area contributed by atoms with Crippen molar-refractivity contribution < 1.29 is 5.11 Å². The first-order valence-electron chi connectivity index (χ1n) is 6.55. The summed E-state index contributed by atoms with van der Waals surface area (Å²) in [5.74, 6) is 0.331. The molecule has 4 heteroatoms. The molecular formula is C14H21ClN2O. The average molecular weight is 269 g/mol. The second-order valence-electron chi connectivity index (χ2n) is 5.02. The molecule has 2 N–H and O–H groups in total. The number of rotatable bonds is 3. The van der Waals surface area contributed by atoms with E-state index in [0.29, 0.717) is 16.8 Å². The number of halogens is 1. The van der Waals surface area contributed by atoms with Gasteiger partial charge in [0.05, 0.1) is 0 Å². The summed E-state index contributed by atoms with van der Waals surface area (Å²) in [6.07, 6.45) is 3.60. The topological polar surface area (TPSA) is 35.5 Å². The van der Waals surface area contributed by atoms with Crippen molar-refractivity contribution in [3.63, 3.8) is 0 Å². The lowest BCUT2D eigenvalue weighted by atomic mass is 10.1. The Labute approximate surface area is 114 Å². The zero-order valence-electron chi connectivity index (χ0n) is 10.8. The van der Waals surface area contributed by atoms with Crippen LogP contribution in [0.5, 0.6) is 5.75 Å². The molecule has 1 heterocycles. The van der Waals surface area contributed by atoms with E-state index in [1.807, 2.05) is 6.07 Å². The molecule has 1 aliphatic heterocycles. The van der Waals surface area contributed by atoms with E-state index in [-0.39, 0.29) is 0 Å². The van der Waals surface area contributed by atoms with E-state index >= 15 is 0 Å². The van der Waals surface area contributed by atoms with Crippen molar-refractivity contribution in [1.82, 2.24) is 10.2 Å². The van der Waals surface area contributed by atoms with Crippen molar-refractivity contribution in [2.45, 2.75) is 31.8 Å². The molecule has 1 aromatic carbocycles. The van der Waals surface area contributed by atoms with Gasteiger partial charge in [-0.25, -0.2) is 0 Å². The minimum absolute atomic E-state index is 0.331. The third-order valence-electron chi connectivity index (χ3n) is 3.63. The molecule has 1 fully saturated rings. The van der Waals surface area contributed by atoms with Crippen LogP contribution < -0.4 is 5.32 Å². The fourth-order valence-electron chi connectivity index (χ4n) is 2.52. The molecule has 0 bridgehead atoms. The molecule has 100 valence electrons. The lowest BCUT2D eigenvalue weighted by molar-refractivity contribution is 0.214. The van der Waals surface area contributed by atoms with Gasteiger partial charge in [-0.15, -0.1) is 0 Å². The maximum atomic E-state index is 9.84. The maximum Gasteiger partial charge on any atom is 0.120 e. The summed E-state index contributed by atoms with van der Waals surface area (Å²) in [4.78, 5) is 2.32. The Kier molecular flexibility index (Phi) is 4.87. The van der Waals surface area contributed by atoms with E-state index in [0.717, 1.165) is 31.6 Å². The van der Waals surface area contributed by atoms with Crippen molar-refractivity contribution in [1.29, 1.82) is 0 Å². The van der Waals surface area contributed by atoms with Gasteiger partial charge in [0.1, 0.15) is 5.75 Å². The van der Waals surface area contributed by atoms with Crippen LogP contribution in [0.15, 0.2) is 18.2 Å². The molecular weight excluding hydrogens is 248 g/mol. The molecule has 0 amide bonds. The van der Waals surface area contributed by atoms with Gasteiger partial charge in [-0.05, 0) is 57.6 Å². The monoisotopic (exact) mass is 268 g/mol. The number of hydrogen-bond donors (Lipinski definition) is 2. The van der Waals surface area contributed by atoms with E-state index in [9.17, 15) is 5.11 Å². The molecule has 1 atom stereocenters. The third-order valence-corrected chi connectivity index (χ3v) is 3.86. The van der Waals surface area contributed by atoms with Gasteiger partial charge < -0.3 is 10.4 Å². The first kappa shape index (κ1) is 13.7. The van der Waals surface area contributed by atoms with Crippen molar-refractivity contribution >= 4 is 11.6 Å². The van der Waals surface area contributed by atoms with Gasteiger partial charge in [0.15, 0.2) is 0 Å². The van der Waals surface area contributed by atoms with Crippen LogP contribution in [0.4, 0.5) is 0 Å². The van der Waals surface area contributed by atoms with E-state index in [2.05, 4.69) is 17.3 Å². The second-order valence-corrected chi connectivity index (χ2v) is 5.46. The smallest absolute Gasteiger partial charge is 0.120 e. The highest BCUT2D eigenvalue weighted by Crippen LogP contribution is 2.24. The summed E-state index contributed by atoms with van der Waals surface area (Å²) in [6.45, 7) is 2.94. The highest BCUT2D eigenvalue weighted by molar-refractivity contribution is 6.30. The number of nitrogens with zero attached hydrogens (tertiary/aromatic N) is 1. The molecule has 0 radical (unpaired) electrons. The quantitative estimate of drug-likeness (QED) is 0.885. The summed E-state index contributed by atoms with van der Waals surface area (Å²) >= 11 is 5.97. The Morgan fingerprint density at radius 2 is 2.22 bits per heavy atom. The summed E-state index contributed by atoms with van der Waals surface area (Å²) in [7, 11) is 2.12. The summed E-state index contributed by atoms with van der Waals surface area (Å²) in [5, 5.41) is 13.9. The van der Waals surface area contributed by atoms with Crippen LogP contribution in [-0.4, -0.2) is 36.2 Å². The van der Waals surface area contributed by atoms with Gasteiger partial charge in [-0.3, -0.25) is 4.90 Å². The fourth-order valence-corrected chi connectivity index (χ4v) is 2.71. The van der Waals surface area contributed by atoms with E-state index in [1.165, 1.54) is 12.8 Å². The lowest BCUT2D eigenvalue weighted by Gasteiger charge is -2.27. The third kappa shape index (κ3) is 3.61. The van der Waals surface area contributed by atoms with Gasteiger partial charge in [-0.2, -0.15) is 0 Å². The zero-order valence-corrected chi connectivity index (χ0v) is 11.6. The minimum Gasteiger partial charge on any atom is -0.508 e. The Balaban J connectivity index is 2.00. The second kappa shape index (κ2) is 6.41. The van der Waals surface area contributed by atoms with Crippen LogP contribution >= 0.6 is 11.6 Å². The number of aromatic hydroxyl groups is 1. The number of hydrogen-bond acceptors (Lipinski definition) is 3. The molecule has 1 unspecified atom stereocenters. The van der Waals surface area contributed by atoms with Crippen LogP contribution in [-0.2, 0) is 6.54 Å². The van der Waals surface area contributed by atoms with Crippen LogP contribution in [0, 0.1) is 0 Å². The molecule has 0 aliphatic carbocycles. The van der Waals surface area contributed by atoms with Gasteiger partial charge in [0.2, 0.25) is 0 Å². The van der Waals surface area contributed by atoms with Gasteiger partial charge in [0.25, 0.3) is 0 Å². The number of phenolic OH excluding ortho intramolecular Hbond substituents is 1. The van der Waals surface area contributed by atoms with Crippen LogP contribution in [0.25, 0.3) is 0 Å². The molecule has 0 aromatic heterocycles. The molecule has 1 saturated heterocycles. The largest absolute Gasteiger partial charge is 0.508 e. The highest BCUT2D eigenvalue weighted by atomic mass is 35.5. The predicted molar refractivity (Wildman–Crippen MR) is 75.1 cm³/mol. The number of phenols is 1.